The topological polar surface area (TPSA) is 62.3 Å². The maximum Gasteiger partial charge on any atom is 0.234 e. The summed E-state index contributed by atoms with van der Waals surface area (Å²) in [5.74, 6) is 2.54. The molecule has 6 nitrogen and oxygen atoms in total. The average Bonchev–Trinajstić information content (AvgIpc) is 2.83. The van der Waals surface area contributed by atoms with Crippen molar-refractivity contribution < 1.29 is 4.74 Å². The minimum atomic E-state index is 0.425. The van der Waals surface area contributed by atoms with Crippen LogP contribution in [0.3, 0.4) is 0 Å². The lowest BCUT2D eigenvalue weighted by molar-refractivity contribution is 0.457. The Morgan fingerprint density at radius 3 is 2.58 bits per heavy atom. The number of piperidine rings is 1. The fourth-order valence-electron chi connectivity index (χ4n) is 4.00. The van der Waals surface area contributed by atoms with Crippen LogP contribution in [0.2, 0.25) is 0 Å². The van der Waals surface area contributed by atoms with Gasteiger partial charge in [-0.2, -0.15) is 9.97 Å². The fourth-order valence-corrected chi connectivity index (χ4v) is 4.19. The van der Waals surface area contributed by atoms with Gasteiger partial charge in [0.25, 0.3) is 0 Å². The zero-order chi connectivity index (χ0) is 22.9. The molecule has 0 aliphatic carbocycles. The van der Waals surface area contributed by atoms with Crippen molar-refractivity contribution in [1.82, 2.24) is 15.3 Å². The fraction of sp³-hybridized carbons (Fsp3) is 0.346. The van der Waals surface area contributed by atoms with Gasteiger partial charge in [0.15, 0.2) is 5.11 Å². The van der Waals surface area contributed by atoms with Gasteiger partial charge in [0.05, 0.1) is 0 Å². The Morgan fingerprint density at radius 2 is 1.82 bits per heavy atom. The first-order valence-corrected chi connectivity index (χ1v) is 12.1. The van der Waals surface area contributed by atoms with E-state index in [9.17, 15) is 0 Å². The molecule has 1 saturated heterocycles. The van der Waals surface area contributed by atoms with Gasteiger partial charge < -0.3 is 20.3 Å². The minimum absolute atomic E-state index is 0.425. The van der Waals surface area contributed by atoms with E-state index in [4.69, 9.17) is 21.9 Å². The van der Waals surface area contributed by atoms with E-state index in [0.717, 1.165) is 50.3 Å². The molecule has 0 spiro atoms. The predicted molar refractivity (Wildman–Crippen MR) is 138 cm³/mol. The van der Waals surface area contributed by atoms with Crippen molar-refractivity contribution in [2.45, 2.75) is 45.1 Å². The molecule has 1 aliphatic heterocycles. The molecule has 2 heterocycles. The van der Waals surface area contributed by atoms with Gasteiger partial charge in [-0.3, -0.25) is 0 Å². The molecule has 0 amide bonds. The highest BCUT2D eigenvalue weighted by Crippen LogP contribution is 2.28. The number of benzene rings is 2. The minimum Gasteiger partial charge on any atom is -0.439 e. The molecule has 2 N–H and O–H groups in total. The number of hydrogen-bond acceptors (Lipinski definition) is 5. The zero-order valence-electron chi connectivity index (χ0n) is 19.0. The van der Waals surface area contributed by atoms with Crippen molar-refractivity contribution in [3.8, 4) is 11.6 Å². The Morgan fingerprint density at radius 1 is 1.06 bits per heavy atom. The van der Waals surface area contributed by atoms with Gasteiger partial charge in [-0.25, -0.2) is 0 Å². The number of rotatable bonds is 8. The van der Waals surface area contributed by atoms with Crippen LogP contribution in [0, 0.1) is 0 Å². The highest BCUT2D eigenvalue weighted by molar-refractivity contribution is 7.80. The molecule has 3 aromatic rings. The lowest BCUT2D eigenvalue weighted by Crippen LogP contribution is -2.38. The van der Waals surface area contributed by atoms with Gasteiger partial charge in [0, 0.05) is 25.2 Å². The molecule has 1 aliphatic rings. The van der Waals surface area contributed by atoms with Crippen LogP contribution < -0.4 is 20.3 Å². The Bertz CT molecular complexity index is 1030. The molecule has 1 fully saturated rings. The summed E-state index contributed by atoms with van der Waals surface area (Å²) >= 11 is 5.51. The number of nitrogens with zero attached hydrogens (tertiary/aromatic N) is 3. The second-order valence-corrected chi connectivity index (χ2v) is 8.72. The molecule has 1 atom stereocenters. The highest BCUT2D eigenvalue weighted by Gasteiger charge is 2.21. The van der Waals surface area contributed by atoms with Gasteiger partial charge in [-0.05, 0) is 68.9 Å². The van der Waals surface area contributed by atoms with Gasteiger partial charge in [0.2, 0.25) is 11.8 Å². The summed E-state index contributed by atoms with van der Waals surface area (Å²) in [7, 11) is 0. The highest BCUT2D eigenvalue weighted by atomic mass is 32.1. The summed E-state index contributed by atoms with van der Waals surface area (Å²) in [6.07, 6.45) is 5.55. The molecule has 7 heteroatoms. The second-order valence-electron chi connectivity index (χ2n) is 8.31. The average molecular weight is 462 g/mol. The third-order valence-electron chi connectivity index (χ3n) is 5.75. The summed E-state index contributed by atoms with van der Waals surface area (Å²) in [5.41, 5.74) is 1.33. The number of thiocarbonyl (C=S) groups is 1. The smallest absolute Gasteiger partial charge is 0.234 e. The second kappa shape index (κ2) is 11.6. The van der Waals surface area contributed by atoms with Crippen LogP contribution in [0.4, 0.5) is 11.8 Å². The molecule has 0 saturated carbocycles. The van der Waals surface area contributed by atoms with E-state index in [1.807, 2.05) is 42.5 Å². The standard InChI is InChI=1S/C26H31N5OS/c1-20-11-8-9-18-31(20)23-19-24(32-22-15-6-3-7-16-22)29-25(28-23)30-26(33)27-17-10-14-21-12-4-2-5-13-21/h2-7,12-13,15-16,19-20H,8-11,14,17-18H2,1H3,(H2,27,28,29,30,33). The van der Waals surface area contributed by atoms with E-state index < -0.39 is 0 Å². The molecule has 33 heavy (non-hydrogen) atoms. The van der Waals surface area contributed by atoms with Crippen molar-refractivity contribution in [1.29, 1.82) is 0 Å². The predicted octanol–water partition coefficient (Wildman–Crippen LogP) is 5.57. The quantitative estimate of drug-likeness (QED) is 0.336. The first-order chi connectivity index (χ1) is 16.2. The Labute approximate surface area is 201 Å². The summed E-state index contributed by atoms with van der Waals surface area (Å²) in [5, 5.41) is 6.93. The van der Waals surface area contributed by atoms with E-state index in [1.54, 1.807) is 0 Å². The van der Waals surface area contributed by atoms with Crippen LogP contribution in [0.5, 0.6) is 11.6 Å². The van der Waals surface area contributed by atoms with Crippen LogP contribution in [-0.2, 0) is 6.42 Å². The number of nitrogens with one attached hydrogen (secondary N) is 2. The van der Waals surface area contributed by atoms with Gasteiger partial charge in [-0.15, -0.1) is 0 Å². The molecule has 1 unspecified atom stereocenters. The van der Waals surface area contributed by atoms with Crippen molar-refractivity contribution in [3.05, 3.63) is 72.3 Å². The SMILES string of the molecule is CC1CCCCN1c1cc(Oc2ccccc2)nc(NC(=S)NCCCc2ccccc2)n1. The normalized spacial score (nSPS) is 15.7. The first-order valence-electron chi connectivity index (χ1n) is 11.6. The first kappa shape index (κ1) is 23.0. The van der Waals surface area contributed by atoms with E-state index in [1.165, 1.54) is 12.0 Å². The molecule has 172 valence electrons. The van der Waals surface area contributed by atoms with Crippen LogP contribution in [-0.4, -0.2) is 34.2 Å². The lowest BCUT2D eigenvalue weighted by Gasteiger charge is -2.34. The number of ether oxygens (including phenoxy) is 1. The molecule has 0 bridgehead atoms. The van der Waals surface area contributed by atoms with Gasteiger partial charge in [-0.1, -0.05) is 48.5 Å². The third kappa shape index (κ3) is 6.89. The summed E-state index contributed by atoms with van der Waals surface area (Å²) in [4.78, 5) is 11.7. The number of aromatic nitrogens is 2. The maximum absolute atomic E-state index is 6.03. The zero-order valence-corrected chi connectivity index (χ0v) is 19.9. The molecule has 4 rings (SSSR count). The van der Waals surface area contributed by atoms with E-state index in [0.29, 0.717) is 23.0 Å². The van der Waals surface area contributed by atoms with Crippen LogP contribution in [0.25, 0.3) is 0 Å². The number of anilines is 2. The summed E-state index contributed by atoms with van der Waals surface area (Å²) in [6, 6.07) is 22.5. The van der Waals surface area contributed by atoms with Crippen LogP contribution in [0.15, 0.2) is 66.7 Å². The van der Waals surface area contributed by atoms with E-state index >= 15 is 0 Å². The maximum atomic E-state index is 6.03. The van der Waals surface area contributed by atoms with Crippen LogP contribution >= 0.6 is 12.2 Å². The van der Waals surface area contributed by atoms with E-state index in [-0.39, 0.29) is 0 Å². The van der Waals surface area contributed by atoms with Crippen molar-refractivity contribution in [2.75, 3.05) is 23.3 Å². The molecular weight excluding hydrogens is 430 g/mol. The number of aryl methyl sites for hydroxylation is 1. The molecule has 2 aromatic carbocycles. The molecule has 1 aromatic heterocycles. The van der Waals surface area contributed by atoms with Crippen LogP contribution in [0.1, 0.15) is 38.2 Å². The van der Waals surface area contributed by atoms with Gasteiger partial charge >= 0.3 is 0 Å². The molecule has 0 radical (unpaired) electrons. The lowest BCUT2D eigenvalue weighted by atomic mass is 10.0. The summed E-state index contributed by atoms with van der Waals surface area (Å²) in [6.45, 7) is 3.99. The summed E-state index contributed by atoms with van der Waals surface area (Å²) < 4.78 is 6.03. The Hall–Kier alpha value is -3.19. The van der Waals surface area contributed by atoms with Gasteiger partial charge in [0.1, 0.15) is 11.6 Å². The largest absolute Gasteiger partial charge is 0.439 e. The third-order valence-corrected chi connectivity index (χ3v) is 5.99. The van der Waals surface area contributed by atoms with Crippen molar-refractivity contribution >= 4 is 29.1 Å². The monoisotopic (exact) mass is 461 g/mol. The Kier molecular flexibility index (Phi) is 8.09. The van der Waals surface area contributed by atoms with Crippen molar-refractivity contribution in [3.63, 3.8) is 0 Å². The van der Waals surface area contributed by atoms with E-state index in [2.05, 4.69) is 51.7 Å². The number of hydrogen-bond donors (Lipinski definition) is 2. The van der Waals surface area contributed by atoms with Crippen molar-refractivity contribution in [2.24, 2.45) is 0 Å². The number of para-hydroxylation sites is 1. The molecular formula is C26H31N5OS. The Balaban J connectivity index is 1.42.